The van der Waals surface area contributed by atoms with Crippen molar-refractivity contribution < 1.29 is 14.5 Å². The fourth-order valence-electron chi connectivity index (χ4n) is 2.73. The third kappa shape index (κ3) is 6.78. The lowest BCUT2D eigenvalue weighted by Gasteiger charge is -2.05. The first kappa shape index (κ1) is 17.7. The van der Waals surface area contributed by atoms with Gasteiger partial charge >= 0.3 is 0 Å². The van der Waals surface area contributed by atoms with Gasteiger partial charge in [0.25, 0.3) is 5.82 Å². The Bertz CT molecular complexity index is 413. The molecule has 0 spiro atoms. The minimum Gasteiger partial charge on any atom is -0.550 e. The number of aryl methyl sites for hydroxylation is 2. The number of hydrogen-bond acceptors (Lipinski definition) is 2. The Labute approximate surface area is 128 Å². The van der Waals surface area contributed by atoms with Gasteiger partial charge in [-0.15, -0.1) is 0 Å². The third-order valence-corrected chi connectivity index (χ3v) is 3.99. The molecule has 0 aliphatic heterocycles. The molecular weight excluding hydrogens is 264 g/mol. The van der Waals surface area contributed by atoms with Gasteiger partial charge in [0.2, 0.25) is 0 Å². The van der Waals surface area contributed by atoms with Crippen LogP contribution in [0.15, 0.2) is 12.4 Å². The number of hydrogen-bond donors (Lipinski definition) is 0. The Morgan fingerprint density at radius 3 is 2.43 bits per heavy atom. The number of aromatic nitrogens is 2. The second-order valence-corrected chi connectivity index (χ2v) is 5.69. The topological polar surface area (TPSA) is 48.9 Å². The molecule has 0 amide bonds. The number of nitrogens with zero attached hydrogens (tertiary/aromatic N) is 2. The van der Waals surface area contributed by atoms with E-state index in [0.717, 1.165) is 13.0 Å². The van der Waals surface area contributed by atoms with E-state index in [-0.39, 0.29) is 6.42 Å². The molecular formula is C17H30N2O2. The first-order valence-electron chi connectivity index (χ1n) is 8.46. The number of imidazole rings is 1. The summed E-state index contributed by atoms with van der Waals surface area (Å²) in [6, 6.07) is 0. The van der Waals surface area contributed by atoms with Crippen LogP contribution in [0.4, 0.5) is 0 Å². The molecule has 0 aliphatic rings. The van der Waals surface area contributed by atoms with Crippen molar-refractivity contribution >= 4 is 5.97 Å². The van der Waals surface area contributed by atoms with Crippen LogP contribution in [-0.2, 0) is 24.3 Å². The maximum atomic E-state index is 10.6. The van der Waals surface area contributed by atoms with Gasteiger partial charge in [-0.1, -0.05) is 45.4 Å². The lowest BCUT2D eigenvalue weighted by atomic mass is 10.1. The van der Waals surface area contributed by atoms with Crippen molar-refractivity contribution in [1.82, 2.24) is 4.57 Å². The molecule has 0 saturated heterocycles. The van der Waals surface area contributed by atoms with Gasteiger partial charge in [0.1, 0.15) is 12.4 Å². The highest BCUT2D eigenvalue weighted by molar-refractivity contribution is 5.63. The van der Waals surface area contributed by atoms with E-state index in [4.69, 9.17) is 0 Å². The number of carbonyl (C=O) groups is 1. The maximum absolute atomic E-state index is 10.6. The lowest BCUT2D eigenvalue weighted by Crippen LogP contribution is -2.40. The van der Waals surface area contributed by atoms with Gasteiger partial charge in [-0.2, -0.15) is 0 Å². The van der Waals surface area contributed by atoms with Gasteiger partial charge in [-0.3, -0.25) is 0 Å². The van der Waals surface area contributed by atoms with Crippen LogP contribution in [0.3, 0.4) is 0 Å². The average molecular weight is 294 g/mol. The van der Waals surface area contributed by atoms with Crippen LogP contribution in [0.5, 0.6) is 0 Å². The fraction of sp³-hybridized carbons (Fsp3) is 0.765. The zero-order valence-corrected chi connectivity index (χ0v) is 13.6. The summed E-state index contributed by atoms with van der Waals surface area (Å²) >= 11 is 0. The number of carboxylic acids is 1. The molecule has 1 aromatic heterocycles. The summed E-state index contributed by atoms with van der Waals surface area (Å²) < 4.78 is 4.28. The molecule has 1 aromatic rings. The molecule has 0 unspecified atom stereocenters. The van der Waals surface area contributed by atoms with Crippen molar-refractivity contribution in [2.45, 2.75) is 84.7 Å². The Hall–Kier alpha value is -1.32. The molecule has 120 valence electrons. The monoisotopic (exact) mass is 294 g/mol. The van der Waals surface area contributed by atoms with E-state index in [1.807, 2.05) is 12.4 Å². The predicted octanol–water partition coefficient (Wildman–Crippen LogP) is 2.23. The second-order valence-electron chi connectivity index (χ2n) is 5.69. The Balaban J connectivity index is 2.37. The zero-order chi connectivity index (χ0) is 15.5. The highest BCUT2D eigenvalue weighted by Gasteiger charge is 2.15. The highest BCUT2D eigenvalue weighted by Crippen LogP contribution is 2.09. The summed E-state index contributed by atoms with van der Waals surface area (Å²) in [6.45, 7) is 5.81. The maximum Gasteiger partial charge on any atom is 0.256 e. The van der Waals surface area contributed by atoms with Gasteiger partial charge in [0.05, 0.1) is 13.1 Å². The molecule has 1 rings (SSSR count). The smallest absolute Gasteiger partial charge is 0.256 e. The number of aliphatic carboxylic acids is 1. The van der Waals surface area contributed by atoms with Gasteiger partial charge in [0.15, 0.2) is 0 Å². The molecule has 0 fully saturated rings. The number of rotatable bonds is 12. The summed E-state index contributed by atoms with van der Waals surface area (Å²) in [5.41, 5.74) is 0. The SMILES string of the molecule is CCCCCCCCCc1n(CC)cc[n+]1CCC(=O)[O-]. The summed E-state index contributed by atoms with van der Waals surface area (Å²) in [4.78, 5) is 10.6. The molecule has 1 heterocycles. The van der Waals surface area contributed by atoms with Crippen molar-refractivity contribution in [3.63, 3.8) is 0 Å². The first-order valence-corrected chi connectivity index (χ1v) is 8.46. The molecule has 4 nitrogen and oxygen atoms in total. The van der Waals surface area contributed by atoms with Gasteiger partial charge in [-0.05, 0) is 13.3 Å². The molecule has 0 aliphatic carbocycles. The minimum atomic E-state index is -0.978. The minimum absolute atomic E-state index is 0.0857. The molecule has 21 heavy (non-hydrogen) atoms. The second kappa shape index (κ2) is 10.4. The number of carbonyl (C=O) groups excluding carboxylic acids is 1. The predicted molar refractivity (Wildman–Crippen MR) is 81.6 cm³/mol. The normalized spacial score (nSPS) is 11.0. The third-order valence-electron chi connectivity index (χ3n) is 3.99. The molecule has 4 heteroatoms. The molecule has 0 N–H and O–H groups in total. The molecule has 0 radical (unpaired) electrons. The van der Waals surface area contributed by atoms with Crippen LogP contribution in [0, 0.1) is 0 Å². The van der Waals surface area contributed by atoms with Crippen molar-refractivity contribution in [2.75, 3.05) is 0 Å². The summed E-state index contributed by atoms with van der Waals surface area (Å²) in [5.74, 6) is 0.265. The van der Waals surface area contributed by atoms with E-state index >= 15 is 0 Å². The number of carboxylic acid groups (broad SMARTS) is 1. The van der Waals surface area contributed by atoms with Crippen LogP contribution in [0.25, 0.3) is 0 Å². The van der Waals surface area contributed by atoms with E-state index in [2.05, 4.69) is 23.0 Å². The van der Waals surface area contributed by atoms with E-state index < -0.39 is 5.97 Å². The van der Waals surface area contributed by atoms with Crippen LogP contribution in [-0.4, -0.2) is 10.5 Å². The summed E-state index contributed by atoms with van der Waals surface area (Å²) in [7, 11) is 0. The Morgan fingerprint density at radius 2 is 1.81 bits per heavy atom. The Morgan fingerprint density at radius 1 is 1.14 bits per heavy atom. The summed E-state index contributed by atoms with van der Waals surface area (Å²) in [5, 5.41) is 10.6. The van der Waals surface area contributed by atoms with E-state index in [1.54, 1.807) is 0 Å². The van der Waals surface area contributed by atoms with Crippen LogP contribution in [0.1, 0.15) is 71.0 Å². The van der Waals surface area contributed by atoms with Crippen molar-refractivity contribution in [2.24, 2.45) is 0 Å². The van der Waals surface area contributed by atoms with Gasteiger partial charge < -0.3 is 9.90 Å². The number of unbranched alkanes of at least 4 members (excludes halogenated alkanes) is 6. The lowest BCUT2D eigenvalue weighted by molar-refractivity contribution is -0.703. The average Bonchev–Trinajstić information content (AvgIpc) is 2.86. The summed E-state index contributed by atoms with van der Waals surface area (Å²) in [6.07, 6.45) is 14.2. The zero-order valence-electron chi connectivity index (χ0n) is 13.6. The van der Waals surface area contributed by atoms with Crippen LogP contribution < -0.4 is 9.67 Å². The van der Waals surface area contributed by atoms with Crippen LogP contribution >= 0.6 is 0 Å². The van der Waals surface area contributed by atoms with Crippen molar-refractivity contribution in [1.29, 1.82) is 0 Å². The largest absolute Gasteiger partial charge is 0.550 e. The quantitative estimate of drug-likeness (QED) is 0.438. The fourth-order valence-corrected chi connectivity index (χ4v) is 2.73. The Kier molecular flexibility index (Phi) is 8.79. The van der Waals surface area contributed by atoms with E-state index in [1.165, 1.54) is 50.8 Å². The first-order chi connectivity index (χ1) is 10.2. The molecule has 0 bridgehead atoms. The van der Waals surface area contributed by atoms with Gasteiger partial charge in [-0.25, -0.2) is 9.13 Å². The molecule has 0 saturated carbocycles. The van der Waals surface area contributed by atoms with Crippen molar-refractivity contribution in [3.8, 4) is 0 Å². The van der Waals surface area contributed by atoms with E-state index in [0.29, 0.717) is 6.54 Å². The highest BCUT2D eigenvalue weighted by atomic mass is 16.4. The van der Waals surface area contributed by atoms with Crippen molar-refractivity contribution in [3.05, 3.63) is 18.2 Å². The molecule has 0 atom stereocenters. The van der Waals surface area contributed by atoms with Crippen LogP contribution in [0.2, 0.25) is 0 Å². The molecule has 0 aromatic carbocycles. The van der Waals surface area contributed by atoms with E-state index in [9.17, 15) is 9.90 Å². The standard InChI is InChI=1S/C17H30N2O2/c1-3-5-6-7-8-9-10-11-16-18(4-2)14-15-19(16)13-12-17(20)21/h14-15H,3-13H2,1-2H3. The van der Waals surface area contributed by atoms with Gasteiger partial charge in [0, 0.05) is 18.8 Å².